The van der Waals surface area contributed by atoms with Crippen molar-refractivity contribution in [3.8, 4) is 0 Å². The second kappa shape index (κ2) is 9.46. The summed E-state index contributed by atoms with van der Waals surface area (Å²) in [6.07, 6.45) is 2.54. The van der Waals surface area contributed by atoms with Crippen LogP contribution in [0.15, 0.2) is 42.5 Å². The number of carbonyl (C=O) groups excluding carboxylic acids is 2. The molecule has 1 aliphatic rings. The average molecular weight is 450 g/mol. The predicted octanol–water partition coefficient (Wildman–Crippen LogP) is 5.58. The number of amides is 2. The summed E-state index contributed by atoms with van der Waals surface area (Å²) in [6, 6.07) is 14.4. The third-order valence-corrected chi connectivity index (χ3v) is 6.30. The van der Waals surface area contributed by atoms with E-state index < -0.39 is 5.60 Å². The highest BCUT2D eigenvalue weighted by atomic mass is 16.6. The van der Waals surface area contributed by atoms with Crippen molar-refractivity contribution in [2.24, 2.45) is 5.92 Å². The number of carbonyl (C=O) groups is 2. The lowest BCUT2D eigenvalue weighted by Crippen LogP contribution is -2.43. The largest absolute Gasteiger partial charge is 0.444 e. The van der Waals surface area contributed by atoms with Crippen LogP contribution in [0.1, 0.15) is 57.3 Å². The number of fused-ring (bicyclic) bond motifs is 3. The Labute approximate surface area is 195 Å². The van der Waals surface area contributed by atoms with E-state index in [-0.39, 0.29) is 12.0 Å². The molecular weight excluding hydrogens is 414 g/mol. The topological polar surface area (TPSA) is 63.6 Å². The van der Waals surface area contributed by atoms with Crippen LogP contribution >= 0.6 is 0 Å². The van der Waals surface area contributed by atoms with Crippen LogP contribution in [0, 0.1) is 5.92 Å². The van der Waals surface area contributed by atoms with E-state index in [9.17, 15) is 9.59 Å². The molecule has 1 saturated heterocycles. The first-order chi connectivity index (χ1) is 15.8. The van der Waals surface area contributed by atoms with Crippen LogP contribution in [-0.2, 0) is 11.3 Å². The standard InChI is InChI=1S/C27H35N3O3/c1-5-14-30-23-9-7-6-8-21(23)22-17-20(10-11-24(22)30)25(31)28-18-19-12-15-29(16-13-19)26(32)33-27(2,3)4/h6-11,17,19H,5,12-16,18H2,1-4H3,(H,28,31). The normalized spacial score (nSPS) is 15.2. The van der Waals surface area contributed by atoms with Gasteiger partial charge in [0, 0.05) is 53.5 Å². The van der Waals surface area contributed by atoms with Crippen LogP contribution in [0.5, 0.6) is 0 Å². The Morgan fingerprint density at radius 2 is 1.73 bits per heavy atom. The number of nitrogens with zero attached hydrogens (tertiary/aromatic N) is 2. The van der Waals surface area contributed by atoms with Gasteiger partial charge in [0.2, 0.25) is 0 Å². The molecule has 3 aromatic rings. The molecule has 2 amide bonds. The lowest BCUT2D eigenvalue weighted by Gasteiger charge is -2.33. The van der Waals surface area contributed by atoms with E-state index in [0.29, 0.717) is 31.1 Å². The first kappa shape index (κ1) is 23.1. The molecule has 2 heterocycles. The van der Waals surface area contributed by atoms with E-state index in [4.69, 9.17) is 4.74 Å². The molecular formula is C27H35N3O3. The Balaban J connectivity index is 1.39. The van der Waals surface area contributed by atoms with Gasteiger partial charge in [-0.25, -0.2) is 4.79 Å². The highest BCUT2D eigenvalue weighted by Gasteiger charge is 2.27. The number of aryl methyl sites for hydroxylation is 1. The molecule has 176 valence electrons. The molecule has 0 radical (unpaired) electrons. The minimum Gasteiger partial charge on any atom is -0.444 e. The summed E-state index contributed by atoms with van der Waals surface area (Å²) in [4.78, 5) is 26.9. The van der Waals surface area contributed by atoms with Crippen LogP contribution in [0.3, 0.4) is 0 Å². The number of piperidine rings is 1. The lowest BCUT2D eigenvalue weighted by atomic mass is 9.97. The van der Waals surface area contributed by atoms with Gasteiger partial charge >= 0.3 is 6.09 Å². The predicted molar refractivity (Wildman–Crippen MR) is 133 cm³/mol. The van der Waals surface area contributed by atoms with Crippen molar-refractivity contribution < 1.29 is 14.3 Å². The number of para-hydroxylation sites is 1. The summed E-state index contributed by atoms with van der Waals surface area (Å²) in [5.41, 5.74) is 2.59. The van der Waals surface area contributed by atoms with Gasteiger partial charge in [0.05, 0.1) is 0 Å². The highest BCUT2D eigenvalue weighted by Crippen LogP contribution is 2.30. The summed E-state index contributed by atoms with van der Waals surface area (Å²) in [6.45, 7) is 10.7. The molecule has 33 heavy (non-hydrogen) atoms. The van der Waals surface area contributed by atoms with Gasteiger partial charge in [0.1, 0.15) is 5.60 Å². The zero-order valence-electron chi connectivity index (χ0n) is 20.2. The molecule has 1 aliphatic heterocycles. The molecule has 1 aromatic heterocycles. The molecule has 2 aromatic carbocycles. The first-order valence-corrected chi connectivity index (χ1v) is 12.0. The second-order valence-corrected chi connectivity index (χ2v) is 10.0. The summed E-state index contributed by atoms with van der Waals surface area (Å²) >= 11 is 0. The molecule has 0 spiro atoms. The smallest absolute Gasteiger partial charge is 0.410 e. The Morgan fingerprint density at radius 1 is 1.03 bits per heavy atom. The maximum atomic E-state index is 12.9. The molecule has 0 aliphatic carbocycles. The molecule has 0 unspecified atom stereocenters. The van der Waals surface area contributed by atoms with Crippen LogP contribution in [0.25, 0.3) is 21.8 Å². The fourth-order valence-electron chi connectivity index (χ4n) is 4.64. The van der Waals surface area contributed by atoms with Crippen LogP contribution in [0.4, 0.5) is 4.79 Å². The SMILES string of the molecule is CCCn1c2ccccc2c2cc(C(=O)NCC3CCN(C(=O)OC(C)(C)C)CC3)ccc21. The molecule has 4 rings (SSSR count). The van der Waals surface area contributed by atoms with Gasteiger partial charge in [0.25, 0.3) is 5.91 Å². The van der Waals surface area contributed by atoms with E-state index in [1.54, 1.807) is 4.90 Å². The summed E-state index contributed by atoms with van der Waals surface area (Å²) < 4.78 is 7.80. The fourth-order valence-corrected chi connectivity index (χ4v) is 4.64. The van der Waals surface area contributed by atoms with Crippen molar-refractivity contribution in [2.75, 3.05) is 19.6 Å². The van der Waals surface area contributed by atoms with Gasteiger partial charge in [-0.2, -0.15) is 0 Å². The van der Waals surface area contributed by atoms with Crippen LogP contribution in [0.2, 0.25) is 0 Å². The van der Waals surface area contributed by atoms with Crippen molar-refractivity contribution in [3.63, 3.8) is 0 Å². The number of aromatic nitrogens is 1. The number of hydrogen-bond donors (Lipinski definition) is 1. The van der Waals surface area contributed by atoms with Crippen molar-refractivity contribution in [2.45, 2.75) is 59.1 Å². The van der Waals surface area contributed by atoms with Gasteiger partial charge in [-0.05, 0) is 70.2 Å². The number of likely N-dealkylation sites (tertiary alicyclic amines) is 1. The van der Waals surface area contributed by atoms with E-state index in [1.165, 1.54) is 16.4 Å². The highest BCUT2D eigenvalue weighted by molar-refractivity contribution is 6.10. The number of nitrogens with one attached hydrogen (secondary N) is 1. The summed E-state index contributed by atoms with van der Waals surface area (Å²) in [5, 5.41) is 5.42. The minimum absolute atomic E-state index is 0.0428. The molecule has 6 heteroatoms. The Kier molecular flexibility index (Phi) is 6.63. The number of ether oxygens (including phenoxy) is 1. The van der Waals surface area contributed by atoms with Crippen molar-refractivity contribution in [3.05, 3.63) is 48.0 Å². The Hall–Kier alpha value is -3.02. The second-order valence-electron chi connectivity index (χ2n) is 10.0. The number of hydrogen-bond acceptors (Lipinski definition) is 3. The van der Waals surface area contributed by atoms with Gasteiger partial charge in [-0.3, -0.25) is 4.79 Å². The maximum Gasteiger partial charge on any atom is 0.410 e. The van der Waals surface area contributed by atoms with E-state index in [0.717, 1.165) is 31.2 Å². The van der Waals surface area contributed by atoms with Crippen LogP contribution in [-0.4, -0.2) is 46.7 Å². The number of benzene rings is 2. The zero-order valence-corrected chi connectivity index (χ0v) is 20.2. The van der Waals surface area contributed by atoms with Gasteiger partial charge in [-0.15, -0.1) is 0 Å². The Morgan fingerprint density at radius 3 is 2.42 bits per heavy atom. The minimum atomic E-state index is -0.480. The maximum absolute atomic E-state index is 12.9. The lowest BCUT2D eigenvalue weighted by molar-refractivity contribution is 0.0183. The quantitative estimate of drug-likeness (QED) is 0.553. The van der Waals surface area contributed by atoms with Gasteiger partial charge in [-0.1, -0.05) is 25.1 Å². The monoisotopic (exact) mass is 449 g/mol. The van der Waals surface area contributed by atoms with Crippen molar-refractivity contribution >= 4 is 33.8 Å². The molecule has 0 atom stereocenters. The molecule has 0 bridgehead atoms. The fraction of sp³-hybridized carbons (Fsp3) is 0.481. The van der Waals surface area contributed by atoms with Crippen LogP contribution < -0.4 is 5.32 Å². The molecule has 0 saturated carbocycles. The first-order valence-electron chi connectivity index (χ1n) is 12.0. The third kappa shape index (κ3) is 5.15. The third-order valence-electron chi connectivity index (χ3n) is 6.30. The van der Waals surface area contributed by atoms with Crippen molar-refractivity contribution in [1.82, 2.24) is 14.8 Å². The van der Waals surface area contributed by atoms with E-state index >= 15 is 0 Å². The van der Waals surface area contributed by atoms with Crippen molar-refractivity contribution in [1.29, 1.82) is 0 Å². The molecule has 1 N–H and O–H groups in total. The summed E-state index contributed by atoms with van der Waals surface area (Å²) in [5.74, 6) is 0.321. The Bertz CT molecular complexity index is 1150. The number of rotatable bonds is 5. The van der Waals surface area contributed by atoms with Gasteiger partial charge < -0.3 is 19.5 Å². The average Bonchev–Trinajstić information content (AvgIpc) is 3.10. The van der Waals surface area contributed by atoms with Gasteiger partial charge in [0.15, 0.2) is 0 Å². The summed E-state index contributed by atoms with van der Waals surface area (Å²) in [7, 11) is 0. The molecule has 6 nitrogen and oxygen atoms in total. The van der Waals surface area contributed by atoms with E-state index in [1.807, 2.05) is 32.9 Å². The molecule has 1 fully saturated rings. The zero-order chi connectivity index (χ0) is 23.6. The van der Waals surface area contributed by atoms with E-state index in [2.05, 4.69) is 47.1 Å².